The van der Waals surface area contributed by atoms with Gasteiger partial charge in [-0.05, 0) is 26.2 Å². The molecule has 1 aliphatic rings. The van der Waals surface area contributed by atoms with Crippen LogP contribution in [0.5, 0.6) is 0 Å². The second-order valence-corrected chi connectivity index (χ2v) is 4.97. The molecule has 86 valence electrons. The van der Waals surface area contributed by atoms with Crippen LogP contribution in [0.25, 0.3) is 0 Å². The van der Waals surface area contributed by atoms with Gasteiger partial charge in [-0.25, -0.2) is 0 Å². The molecule has 0 aliphatic heterocycles. The molecule has 0 bridgehead atoms. The van der Waals surface area contributed by atoms with Crippen LogP contribution in [-0.2, 0) is 4.79 Å². The summed E-state index contributed by atoms with van der Waals surface area (Å²) in [7, 11) is 0. The number of rotatable bonds is 4. The summed E-state index contributed by atoms with van der Waals surface area (Å²) in [5.41, 5.74) is 1.13. The third-order valence-corrected chi connectivity index (χ3v) is 3.36. The first-order chi connectivity index (χ1) is 7.20. The molecule has 0 heterocycles. The summed E-state index contributed by atoms with van der Waals surface area (Å²) in [6.07, 6.45) is 10.4. The Morgan fingerprint density at radius 1 is 1.07 bits per heavy atom. The van der Waals surface area contributed by atoms with Crippen LogP contribution >= 0.6 is 0 Å². The minimum atomic E-state index is 0.365. The number of carbonyl (C=O) groups excluding carboxylic acids is 1. The second-order valence-electron chi connectivity index (χ2n) is 4.97. The smallest absolute Gasteiger partial charge is 0.136 e. The lowest BCUT2D eigenvalue weighted by Gasteiger charge is -2.18. The number of ketones is 1. The predicted octanol–water partition coefficient (Wildman–Crippen LogP) is 4.27. The molecule has 1 saturated carbocycles. The minimum Gasteiger partial charge on any atom is -0.299 e. The summed E-state index contributed by atoms with van der Waals surface area (Å²) in [5, 5.41) is 0. The maximum absolute atomic E-state index is 11.9. The number of carbonyl (C=O) groups is 1. The Kier molecular flexibility index (Phi) is 5.67. The van der Waals surface area contributed by atoms with Crippen molar-refractivity contribution in [3.05, 3.63) is 12.2 Å². The highest BCUT2D eigenvalue weighted by Gasteiger charge is 2.18. The van der Waals surface area contributed by atoms with Gasteiger partial charge in [0.1, 0.15) is 5.78 Å². The lowest BCUT2D eigenvalue weighted by molar-refractivity contribution is -0.123. The van der Waals surface area contributed by atoms with Crippen LogP contribution in [-0.4, -0.2) is 5.78 Å². The van der Waals surface area contributed by atoms with Gasteiger partial charge in [-0.15, -0.1) is 6.58 Å². The normalized spacial score (nSPS) is 19.3. The van der Waals surface area contributed by atoms with Gasteiger partial charge in [0, 0.05) is 12.3 Å². The predicted molar refractivity (Wildman–Crippen MR) is 64.9 cm³/mol. The zero-order valence-corrected chi connectivity index (χ0v) is 10.1. The Bertz CT molecular complexity index is 209. The molecular formula is C14H24O. The van der Waals surface area contributed by atoms with E-state index in [0.717, 1.165) is 31.3 Å². The second kappa shape index (κ2) is 6.81. The summed E-state index contributed by atoms with van der Waals surface area (Å²) in [4.78, 5) is 11.9. The molecule has 0 N–H and O–H groups in total. The SMILES string of the molecule is C=C(C)CCC(=O)C1CCCCCCC1. The van der Waals surface area contributed by atoms with Gasteiger partial charge in [0.15, 0.2) is 0 Å². The number of Topliss-reactive ketones (excluding diaryl/α,β-unsaturated/α-hetero) is 1. The van der Waals surface area contributed by atoms with Crippen molar-refractivity contribution in [2.75, 3.05) is 0 Å². The van der Waals surface area contributed by atoms with Gasteiger partial charge in [0.2, 0.25) is 0 Å². The van der Waals surface area contributed by atoms with Gasteiger partial charge < -0.3 is 0 Å². The molecule has 1 heteroatoms. The first kappa shape index (κ1) is 12.5. The quantitative estimate of drug-likeness (QED) is 0.630. The van der Waals surface area contributed by atoms with Crippen LogP contribution in [0, 0.1) is 5.92 Å². The molecule has 0 aromatic carbocycles. The molecule has 0 aromatic heterocycles. The molecule has 0 radical (unpaired) electrons. The monoisotopic (exact) mass is 208 g/mol. The summed E-state index contributed by atoms with van der Waals surface area (Å²) < 4.78 is 0. The van der Waals surface area contributed by atoms with E-state index in [0.29, 0.717) is 11.7 Å². The number of allylic oxidation sites excluding steroid dienone is 1. The third kappa shape index (κ3) is 5.15. The Balaban J connectivity index is 2.31. The van der Waals surface area contributed by atoms with Gasteiger partial charge in [-0.1, -0.05) is 37.7 Å². The van der Waals surface area contributed by atoms with E-state index in [1.807, 2.05) is 6.92 Å². The third-order valence-electron chi connectivity index (χ3n) is 3.36. The van der Waals surface area contributed by atoms with Crippen molar-refractivity contribution in [3.8, 4) is 0 Å². The topological polar surface area (TPSA) is 17.1 Å². The highest BCUT2D eigenvalue weighted by atomic mass is 16.1. The Hall–Kier alpha value is -0.590. The standard InChI is InChI=1S/C14H24O/c1-12(2)10-11-14(15)13-8-6-4-3-5-7-9-13/h13H,1,3-11H2,2H3. The summed E-state index contributed by atoms with van der Waals surface area (Å²) in [6.45, 7) is 5.86. The number of hydrogen-bond donors (Lipinski definition) is 0. The average molecular weight is 208 g/mol. The van der Waals surface area contributed by atoms with Crippen LogP contribution in [0.1, 0.15) is 64.7 Å². The van der Waals surface area contributed by atoms with Gasteiger partial charge in [0.25, 0.3) is 0 Å². The van der Waals surface area contributed by atoms with Crippen LogP contribution in [0.3, 0.4) is 0 Å². The Morgan fingerprint density at radius 2 is 1.60 bits per heavy atom. The van der Waals surface area contributed by atoms with Crippen LogP contribution in [0.4, 0.5) is 0 Å². The van der Waals surface area contributed by atoms with Crippen molar-refractivity contribution in [3.63, 3.8) is 0 Å². The first-order valence-electron chi connectivity index (χ1n) is 6.37. The fourth-order valence-electron chi connectivity index (χ4n) is 2.32. The highest BCUT2D eigenvalue weighted by molar-refractivity contribution is 5.81. The fourth-order valence-corrected chi connectivity index (χ4v) is 2.32. The van der Waals surface area contributed by atoms with E-state index >= 15 is 0 Å². The molecule has 1 fully saturated rings. The number of hydrogen-bond acceptors (Lipinski definition) is 1. The van der Waals surface area contributed by atoms with E-state index in [4.69, 9.17) is 0 Å². The zero-order valence-electron chi connectivity index (χ0n) is 10.1. The Morgan fingerprint density at radius 3 is 2.13 bits per heavy atom. The molecule has 15 heavy (non-hydrogen) atoms. The maximum Gasteiger partial charge on any atom is 0.136 e. The van der Waals surface area contributed by atoms with E-state index in [1.54, 1.807) is 0 Å². The van der Waals surface area contributed by atoms with Gasteiger partial charge in [-0.3, -0.25) is 4.79 Å². The van der Waals surface area contributed by atoms with Crippen molar-refractivity contribution in [2.24, 2.45) is 5.92 Å². The summed E-state index contributed by atoms with van der Waals surface area (Å²) in [5.74, 6) is 0.851. The van der Waals surface area contributed by atoms with Crippen molar-refractivity contribution in [2.45, 2.75) is 64.7 Å². The molecule has 0 saturated heterocycles. The molecule has 0 spiro atoms. The fraction of sp³-hybridized carbons (Fsp3) is 0.786. The summed E-state index contributed by atoms with van der Waals surface area (Å²) in [6, 6.07) is 0. The van der Waals surface area contributed by atoms with Crippen molar-refractivity contribution in [1.29, 1.82) is 0 Å². The van der Waals surface area contributed by atoms with Gasteiger partial charge >= 0.3 is 0 Å². The lowest BCUT2D eigenvalue weighted by atomic mass is 9.86. The van der Waals surface area contributed by atoms with Crippen molar-refractivity contribution >= 4 is 5.78 Å². The average Bonchev–Trinajstić information content (AvgIpc) is 2.13. The maximum atomic E-state index is 11.9. The van der Waals surface area contributed by atoms with E-state index in [-0.39, 0.29) is 0 Å². The molecular weight excluding hydrogens is 184 g/mol. The summed E-state index contributed by atoms with van der Waals surface area (Å²) >= 11 is 0. The molecule has 1 rings (SSSR count). The molecule has 1 aliphatic carbocycles. The first-order valence-corrected chi connectivity index (χ1v) is 6.37. The molecule has 1 nitrogen and oxygen atoms in total. The van der Waals surface area contributed by atoms with Gasteiger partial charge in [0.05, 0.1) is 0 Å². The highest BCUT2D eigenvalue weighted by Crippen LogP contribution is 2.24. The zero-order chi connectivity index (χ0) is 11.1. The van der Waals surface area contributed by atoms with E-state index in [1.165, 1.54) is 32.1 Å². The van der Waals surface area contributed by atoms with Crippen molar-refractivity contribution < 1.29 is 4.79 Å². The minimum absolute atomic E-state index is 0.365. The lowest BCUT2D eigenvalue weighted by Crippen LogP contribution is -2.15. The van der Waals surface area contributed by atoms with E-state index in [2.05, 4.69) is 6.58 Å². The van der Waals surface area contributed by atoms with Gasteiger partial charge in [-0.2, -0.15) is 0 Å². The molecule has 0 amide bonds. The molecule has 0 unspecified atom stereocenters. The van der Waals surface area contributed by atoms with Crippen LogP contribution < -0.4 is 0 Å². The van der Waals surface area contributed by atoms with E-state index < -0.39 is 0 Å². The van der Waals surface area contributed by atoms with Crippen LogP contribution in [0.2, 0.25) is 0 Å². The molecule has 0 aromatic rings. The largest absolute Gasteiger partial charge is 0.299 e. The Labute approximate surface area is 93.9 Å². The van der Waals surface area contributed by atoms with Crippen molar-refractivity contribution in [1.82, 2.24) is 0 Å². The van der Waals surface area contributed by atoms with Crippen LogP contribution in [0.15, 0.2) is 12.2 Å². The molecule has 0 atom stereocenters. The van der Waals surface area contributed by atoms with E-state index in [9.17, 15) is 4.79 Å².